The van der Waals surface area contributed by atoms with Crippen molar-refractivity contribution in [2.45, 2.75) is 6.92 Å². The van der Waals surface area contributed by atoms with Crippen LogP contribution >= 0.6 is 0 Å². The third-order valence-electron chi connectivity index (χ3n) is 5.11. The summed E-state index contributed by atoms with van der Waals surface area (Å²) in [5.74, 6) is -0.109. The maximum absolute atomic E-state index is 12.3. The first kappa shape index (κ1) is 19.8. The van der Waals surface area contributed by atoms with Crippen LogP contribution < -0.4 is 5.46 Å². The number of benzene rings is 1. The zero-order valence-corrected chi connectivity index (χ0v) is 16.9. The van der Waals surface area contributed by atoms with Gasteiger partial charge in [-0.25, -0.2) is 4.98 Å². The molecule has 1 amide bonds. The molecule has 0 unspecified atom stereocenters. The minimum Gasteiger partial charge on any atom is -0.423 e. The van der Waals surface area contributed by atoms with Crippen molar-refractivity contribution in [3.8, 4) is 22.3 Å². The van der Waals surface area contributed by atoms with Crippen LogP contribution in [0, 0.1) is 6.92 Å². The fourth-order valence-corrected chi connectivity index (χ4v) is 3.51. The van der Waals surface area contributed by atoms with E-state index < -0.39 is 7.12 Å². The minimum atomic E-state index is -1.50. The lowest BCUT2D eigenvalue weighted by atomic mass is 9.76. The number of H-pyrrole nitrogens is 1. The number of rotatable bonds is 4. The number of aromatic nitrogens is 3. The summed E-state index contributed by atoms with van der Waals surface area (Å²) in [6.45, 7) is 1.84. The molecule has 3 aromatic heterocycles. The Bertz CT molecular complexity index is 1250. The lowest BCUT2D eigenvalue weighted by molar-refractivity contribution is 0.0827. The first-order chi connectivity index (χ1) is 14.3. The number of carbonyl (C=O) groups is 1. The van der Waals surface area contributed by atoms with Gasteiger partial charge in [0.2, 0.25) is 0 Å². The second kappa shape index (κ2) is 7.74. The van der Waals surface area contributed by atoms with E-state index >= 15 is 0 Å². The number of amides is 1. The van der Waals surface area contributed by atoms with E-state index in [9.17, 15) is 14.8 Å². The van der Waals surface area contributed by atoms with E-state index in [0.717, 1.165) is 38.9 Å². The number of carbonyl (C=O) groups excluding carboxylic acids is 1. The van der Waals surface area contributed by atoms with Crippen LogP contribution in [-0.2, 0) is 0 Å². The van der Waals surface area contributed by atoms with Crippen LogP contribution in [0.25, 0.3) is 33.3 Å². The van der Waals surface area contributed by atoms with Gasteiger partial charge in [-0.15, -0.1) is 0 Å². The lowest BCUT2D eigenvalue weighted by Gasteiger charge is -2.11. The molecule has 0 aliphatic carbocycles. The first-order valence-corrected chi connectivity index (χ1v) is 9.46. The van der Waals surface area contributed by atoms with Crippen LogP contribution in [0.5, 0.6) is 0 Å². The predicted octanol–water partition coefficient (Wildman–Crippen LogP) is 1.98. The Morgan fingerprint density at radius 1 is 1.03 bits per heavy atom. The van der Waals surface area contributed by atoms with Crippen LogP contribution in [0.2, 0.25) is 0 Å². The van der Waals surface area contributed by atoms with Gasteiger partial charge in [0, 0.05) is 61.0 Å². The van der Waals surface area contributed by atoms with Gasteiger partial charge < -0.3 is 19.9 Å². The molecule has 0 fully saturated rings. The molecule has 0 saturated heterocycles. The molecule has 0 radical (unpaired) electrons. The Morgan fingerprint density at radius 2 is 1.80 bits per heavy atom. The summed E-state index contributed by atoms with van der Waals surface area (Å²) in [6.07, 6.45) is 6.90. The van der Waals surface area contributed by atoms with E-state index in [1.54, 1.807) is 38.8 Å². The van der Waals surface area contributed by atoms with E-state index in [-0.39, 0.29) is 5.91 Å². The highest BCUT2D eigenvalue weighted by Crippen LogP contribution is 2.31. The van der Waals surface area contributed by atoms with Crippen molar-refractivity contribution in [1.29, 1.82) is 0 Å². The van der Waals surface area contributed by atoms with E-state index in [1.165, 1.54) is 4.90 Å². The van der Waals surface area contributed by atoms with Gasteiger partial charge in [0.05, 0.1) is 5.56 Å². The maximum atomic E-state index is 12.3. The summed E-state index contributed by atoms with van der Waals surface area (Å²) in [7, 11) is 1.91. The molecule has 0 aliphatic heterocycles. The molecule has 30 heavy (non-hydrogen) atoms. The molecular weight excluding hydrogens is 379 g/mol. The van der Waals surface area contributed by atoms with E-state index in [2.05, 4.69) is 15.0 Å². The molecule has 3 heterocycles. The molecule has 8 heteroatoms. The second-order valence-electron chi connectivity index (χ2n) is 7.43. The Morgan fingerprint density at radius 3 is 2.50 bits per heavy atom. The van der Waals surface area contributed by atoms with Crippen molar-refractivity contribution in [2.24, 2.45) is 0 Å². The van der Waals surface area contributed by atoms with Gasteiger partial charge in [-0.2, -0.15) is 0 Å². The standard InChI is InChI=1S/C22H21BN4O3/c1-13-6-14(4-5-20(13)23(29)30)19-12-26-21-18(19)8-16(11-25-21)15-7-17(10-24-9-15)22(28)27(2)3/h4-12,29-30H,1-3H3,(H,25,26). The third-order valence-corrected chi connectivity index (χ3v) is 5.11. The van der Waals surface area contributed by atoms with Crippen LogP contribution in [0.3, 0.4) is 0 Å². The molecule has 0 atom stereocenters. The number of aromatic amines is 1. The first-order valence-electron chi connectivity index (χ1n) is 9.46. The van der Waals surface area contributed by atoms with Crippen molar-refractivity contribution in [3.63, 3.8) is 0 Å². The number of fused-ring (bicyclic) bond motifs is 1. The number of nitrogens with one attached hydrogen (secondary N) is 1. The topological polar surface area (TPSA) is 102 Å². The Hall–Kier alpha value is -3.49. The molecule has 0 bridgehead atoms. The van der Waals surface area contributed by atoms with Gasteiger partial charge in [-0.05, 0) is 30.1 Å². The fraction of sp³-hybridized carbons (Fsp3) is 0.136. The SMILES string of the molecule is Cc1cc(-c2c[nH]c3ncc(-c4cncc(C(=O)N(C)C)c4)cc23)ccc1B(O)O. The smallest absolute Gasteiger partial charge is 0.423 e. The lowest BCUT2D eigenvalue weighted by Crippen LogP contribution is -2.31. The molecule has 3 N–H and O–H groups in total. The summed E-state index contributed by atoms with van der Waals surface area (Å²) < 4.78 is 0. The molecule has 150 valence electrons. The van der Waals surface area contributed by atoms with Gasteiger partial charge in [0.15, 0.2) is 0 Å². The highest BCUT2D eigenvalue weighted by Gasteiger charge is 2.16. The molecule has 1 aromatic carbocycles. The zero-order chi connectivity index (χ0) is 21.4. The highest BCUT2D eigenvalue weighted by atomic mass is 16.4. The number of hydrogen-bond donors (Lipinski definition) is 3. The minimum absolute atomic E-state index is 0.109. The highest BCUT2D eigenvalue weighted by molar-refractivity contribution is 6.59. The maximum Gasteiger partial charge on any atom is 0.488 e. The molecular formula is C22H21BN4O3. The van der Waals surface area contributed by atoms with Crippen LogP contribution in [-0.4, -0.2) is 57.0 Å². The van der Waals surface area contributed by atoms with Crippen molar-refractivity contribution in [3.05, 3.63) is 66.2 Å². The monoisotopic (exact) mass is 400 g/mol. The normalized spacial score (nSPS) is 11.0. The van der Waals surface area contributed by atoms with Gasteiger partial charge in [0.25, 0.3) is 5.91 Å². The van der Waals surface area contributed by atoms with Gasteiger partial charge in [0.1, 0.15) is 5.65 Å². The predicted molar refractivity (Wildman–Crippen MR) is 117 cm³/mol. The van der Waals surface area contributed by atoms with Gasteiger partial charge >= 0.3 is 7.12 Å². The molecule has 0 spiro atoms. The number of pyridine rings is 2. The zero-order valence-electron chi connectivity index (χ0n) is 16.9. The van der Waals surface area contributed by atoms with Crippen LogP contribution in [0.1, 0.15) is 15.9 Å². The number of aryl methyl sites for hydroxylation is 1. The Balaban J connectivity index is 1.79. The average molecular weight is 400 g/mol. The van der Waals surface area contributed by atoms with Gasteiger partial charge in [-0.3, -0.25) is 9.78 Å². The van der Waals surface area contributed by atoms with Crippen molar-refractivity contribution in [2.75, 3.05) is 14.1 Å². The summed E-state index contributed by atoms with van der Waals surface area (Å²) >= 11 is 0. The van der Waals surface area contributed by atoms with Gasteiger partial charge in [-0.1, -0.05) is 23.8 Å². The largest absolute Gasteiger partial charge is 0.488 e. The summed E-state index contributed by atoms with van der Waals surface area (Å²) in [4.78, 5) is 25.7. The molecule has 0 aliphatic rings. The molecule has 4 rings (SSSR count). The average Bonchev–Trinajstić information content (AvgIpc) is 3.16. The van der Waals surface area contributed by atoms with Crippen molar-refractivity contribution >= 4 is 29.5 Å². The fourth-order valence-electron chi connectivity index (χ4n) is 3.51. The Labute approximate surface area is 174 Å². The van der Waals surface area contributed by atoms with E-state index in [1.807, 2.05) is 37.4 Å². The summed E-state index contributed by atoms with van der Waals surface area (Å²) in [5, 5.41) is 19.8. The second-order valence-corrected chi connectivity index (χ2v) is 7.43. The molecule has 7 nitrogen and oxygen atoms in total. The summed E-state index contributed by atoms with van der Waals surface area (Å²) in [6, 6.07) is 9.31. The number of hydrogen-bond acceptors (Lipinski definition) is 5. The quantitative estimate of drug-likeness (QED) is 0.455. The Kier molecular flexibility index (Phi) is 5.11. The molecule has 0 saturated carbocycles. The van der Waals surface area contributed by atoms with Crippen molar-refractivity contribution in [1.82, 2.24) is 19.9 Å². The van der Waals surface area contributed by atoms with Crippen molar-refractivity contribution < 1.29 is 14.8 Å². The van der Waals surface area contributed by atoms with E-state index in [4.69, 9.17) is 0 Å². The van der Waals surface area contributed by atoms with Crippen LogP contribution in [0.15, 0.2) is 55.1 Å². The third kappa shape index (κ3) is 3.58. The molecule has 4 aromatic rings. The number of nitrogens with zero attached hydrogens (tertiary/aromatic N) is 3. The summed E-state index contributed by atoms with van der Waals surface area (Å²) in [5.41, 5.74) is 6.08. The van der Waals surface area contributed by atoms with Crippen LogP contribution in [0.4, 0.5) is 0 Å². The van der Waals surface area contributed by atoms with E-state index in [0.29, 0.717) is 11.0 Å².